The molecule has 3 amide bonds. The highest BCUT2D eigenvalue weighted by atomic mass is 16.2. The monoisotopic (exact) mass is 227 g/mol. The molecule has 5 nitrogen and oxygen atoms in total. The molecule has 0 aliphatic heterocycles. The molecule has 0 bridgehead atoms. The first kappa shape index (κ1) is 12.8. The number of likely N-dealkylation sites (N-methyl/N-ethyl adjacent to an activating group) is 2. The normalized spacial score (nSPS) is 15.9. The highest BCUT2D eigenvalue weighted by molar-refractivity contribution is 5.83. The third-order valence-electron chi connectivity index (χ3n) is 2.97. The van der Waals surface area contributed by atoms with Crippen molar-refractivity contribution in [2.24, 2.45) is 0 Å². The Morgan fingerprint density at radius 3 is 2.44 bits per heavy atom. The summed E-state index contributed by atoms with van der Waals surface area (Å²) < 4.78 is 0. The fourth-order valence-electron chi connectivity index (χ4n) is 1.92. The lowest BCUT2D eigenvalue weighted by Crippen LogP contribution is -2.47. The van der Waals surface area contributed by atoms with Gasteiger partial charge in [0.1, 0.15) is 6.54 Å². The Morgan fingerprint density at radius 2 is 1.94 bits per heavy atom. The first-order chi connectivity index (χ1) is 7.67. The summed E-state index contributed by atoms with van der Waals surface area (Å²) in [6.07, 6.45) is 4.49. The summed E-state index contributed by atoms with van der Waals surface area (Å²) in [6, 6.07) is 0.171. The van der Waals surface area contributed by atoms with Crippen LogP contribution in [0, 0.1) is 0 Å². The average Bonchev–Trinajstić information content (AvgIpc) is 2.77. The molecule has 0 radical (unpaired) electrons. The van der Waals surface area contributed by atoms with Crippen LogP contribution in [-0.4, -0.2) is 43.0 Å². The molecule has 0 aromatic carbocycles. The number of carbonyl (C=O) groups is 2. The van der Waals surface area contributed by atoms with Gasteiger partial charge in [-0.3, -0.25) is 4.79 Å². The lowest BCUT2D eigenvalue weighted by Gasteiger charge is -2.22. The average molecular weight is 227 g/mol. The van der Waals surface area contributed by atoms with E-state index in [4.69, 9.17) is 0 Å². The molecule has 2 N–H and O–H groups in total. The van der Waals surface area contributed by atoms with Crippen molar-refractivity contribution < 1.29 is 9.59 Å². The van der Waals surface area contributed by atoms with E-state index in [9.17, 15) is 9.59 Å². The van der Waals surface area contributed by atoms with Gasteiger partial charge in [-0.2, -0.15) is 0 Å². The molecule has 5 heteroatoms. The van der Waals surface area contributed by atoms with Crippen LogP contribution in [0.3, 0.4) is 0 Å². The Balaban J connectivity index is 2.38. The molecule has 0 heterocycles. The van der Waals surface area contributed by atoms with E-state index in [1.54, 1.807) is 7.05 Å². The van der Waals surface area contributed by atoms with E-state index in [2.05, 4.69) is 10.6 Å². The topological polar surface area (TPSA) is 61.4 Å². The standard InChI is InChI=1S/C11H21N3O2/c1-3-14(8-10(15)12-2)11(16)13-9-6-4-5-7-9/h9H,3-8H2,1-2H3,(H,12,15)(H,13,16). The zero-order chi connectivity index (χ0) is 12.0. The number of nitrogens with zero attached hydrogens (tertiary/aromatic N) is 1. The molecule has 0 atom stereocenters. The van der Waals surface area contributed by atoms with Crippen LogP contribution in [0.1, 0.15) is 32.6 Å². The van der Waals surface area contributed by atoms with E-state index in [1.165, 1.54) is 17.7 Å². The van der Waals surface area contributed by atoms with Gasteiger partial charge in [-0.25, -0.2) is 4.79 Å². The smallest absolute Gasteiger partial charge is 0.318 e. The lowest BCUT2D eigenvalue weighted by atomic mass is 10.2. The summed E-state index contributed by atoms with van der Waals surface area (Å²) in [6.45, 7) is 2.55. The summed E-state index contributed by atoms with van der Waals surface area (Å²) in [7, 11) is 1.57. The molecule has 0 aromatic rings. The Bertz CT molecular complexity index is 250. The highest BCUT2D eigenvalue weighted by Gasteiger charge is 2.21. The second kappa shape index (κ2) is 6.35. The fraction of sp³-hybridized carbons (Fsp3) is 0.818. The minimum Gasteiger partial charge on any atom is -0.358 e. The van der Waals surface area contributed by atoms with Gasteiger partial charge in [-0.1, -0.05) is 12.8 Å². The van der Waals surface area contributed by atoms with Gasteiger partial charge >= 0.3 is 6.03 Å². The second-order valence-corrected chi connectivity index (χ2v) is 4.12. The Labute approximate surface area is 96.6 Å². The van der Waals surface area contributed by atoms with Crippen LogP contribution < -0.4 is 10.6 Å². The number of rotatable bonds is 4. The summed E-state index contributed by atoms with van der Waals surface area (Å²) in [5, 5.41) is 5.48. The van der Waals surface area contributed by atoms with Crippen molar-refractivity contribution in [2.45, 2.75) is 38.6 Å². The van der Waals surface area contributed by atoms with E-state index >= 15 is 0 Å². The van der Waals surface area contributed by atoms with Crippen LogP contribution in [0.25, 0.3) is 0 Å². The van der Waals surface area contributed by atoms with Gasteiger partial charge in [-0.05, 0) is 19.8 Å². The maximum absolute atomic E-state index is 11.8. The van der Waals surface area contributed by atoms with E-state index in [0.29, 0.717) is 12.6 Å². The van der Waals surface area contributed by atoms with Gasteiger partial charge in [-0.15, -0.1) is 0 Å². The Morgan fingerprint density at radius 1 is 1.31 bits per heavy atom. The van der Waals surface area contributed by atoms with Gasteiger partial charge in [0.05, 0.1) is 0 Å². The number of hydrogen-bond donors (Lipinski definition) is 2. The van der Waals surface area contributed by atoms with E-state index in [0.717, 1.165) is 12.8 Å². The molecule has 1 saturated carbocycles. The Hall–Kier alpha value is -1.26. The zero-order valence-electron chi connectivity index (χ0n) is 10.1. The summed E-state index contributed by atoms with van der Waals surface area (Å²) >= 11 is 0. The molecule has 1 fully saturated rings. The van der Waals surface area contributed by atoms with Crippen LogP contribution in [0.4, 0.5) is 4.79 Å². The molecular formula is C11H21N3O2. The summed E-state index contributed by atoms with van der Waals surface area (Å²) in [5.74, 6) is -0.136. The van der Waals surface area contributed by atoms with Crippen molar-refractivity contribution in [1.29, 1.82) is 0 Å². The largest absolute Gasteiger partial charge is 0.358 e. The minimum atomic E-state index is -0.136. The van der Waals surface area contributed by atoms with Crippen molar-refractivity contribution in [2.75, 3.05) is 20.1 Å². The van der Waals surface area contributed by atoms with Crippen molar-refractivity contribution in [3.63, 3.8) is 0 Å². The SMILES string of the molecule is CCN(CC(=O)NC)C(=O)NC1CCCC1. The number of carbonyl (C=O) groups excluding carboxylic acids is 2. The van der Waals surface area contributed by atoms with Crippen molar-refractivity contribution in [3.8, 4) is 0 Å². The van der Waals surface area contributed by atoms with Crippen LogP contribution in [0.5, 0.6) is 0 Å². The molecule has 0 unspecified atom stereocenters. The number of hydrogen-bond acceptors (Lipinski definition) is 2. The maximum atomic E-state index is 11.8. The molecular weight excluding hydrogens is 206 g/mol. The first-order valence-corrected chi connectivity index (χ1v) is 5.93. The van der Waals surface area contributed by atoms with Gasteiger partial charge in [0.25, 0.3) is 0 Å². The quantitative estimate of drug-likeness (QED) is 0.743. The van der Waals surface area contributed by atoms with Crippen LogP contribution in [0.2, 0.25) is 0 Å². The molecule has 0 spiro atoms. The van der Waals surface area contributed by atoms with Crippen molar-refractivity contribution >= 4 is 11.9 Å². The molecule has 1 aliphatic carbocycles. The van der Waals surface area contributed by atoms with Crippen LogP contribution in [-0.2, 0) is 4.79 Å². The lowest BCUT2D eigenvalue weighted by molar-refractivity contribution is -0.121. The zero-order valence-corrected chi connectivity index (χ0v) is 10.1. The fourth-order valence-corrected chi connectivity index (χ4v) is 1.92. The minimum absolute atomic E-state index is 0.127. The molecule has 1 rings (SSSR count). The van der Waals surface area contributed by atoms with E-state index in [1.807, 2.05) is 6.92 Å². The summed E-state index contributed by atoms with van der Waals surface area (Å²) in [5.41, 5.74) is 0. The third-order valence-corrected chi connectivity index (χ3v) is 2.97. The maximum Gasteiger partial charge on any atom is 0.318 e. The number of urea groups is 1. The van der Waals surface area contributed by atoms with Crippen LogP contribution in [0.15, 0.2) is 0 Å². The molecule has 16 heavy (non-hydrogen) atoms. The van der Waals surface area contributed by atoms with Crippen molar-refractivity contribution in [3.05, 3.63) is 0 Å². The molecule has 0 saturated heterocycles. The molecule has 0 aromatic heterocycles. The first-order valence-electron chi connectivity index (χ1n) is 5.93. The number of nitrogens with one attached hydrogen (secondary N) is 2. The second-order valence-electron chi connectivity index (χ2n) is 4.12. The number of amides is 3. The highest BCUT2D eigenvalue weighted by Crippen LogP contribution is 2.17. The van der Waals surface area contributed by atoms with Gasteiger partial charge in [0.2, 0.25) is 5.91 Å². The molecule has 92 valence electrons. The Kier molecular flexibility index (Phi) is 5.08. The predicted molar refractivity (Wildman–Crippen MR) is 62.1 cm³/mol. The van der Waals surface area contributed by atoms with Gasteiger partial charge < -0.3 is 15.5 Å². The van der Waals surface area contributed by atoms with Crippen LogP contribution >= 0.6 is 0 Å². The van der Waals surface area contributed by atoms with E-state index < -0.39 is 0 Å². The van der Waals surface area contributed by atoms with Gasteiger partial charge in [0, 0.05) is 19.6 Å². The summed E-state index contributed by atoms with van der Waals surface area (Å²) in [4.78, 5) is 24.5. The predicted octanol–water partition coefficient (Wildman–Crippen LogP) is 0.706. The van der Waals surface area contributed by atoms with E-state index in [-0.39, 0.29) is 18.5 Å². The molecule has 1 aliphatic rings. The van der Waals surface area contributed by atoms with Crippen molar-refractivity contribution in [1.82, 2.24) is 15.5 Å². The third kappa shape index (κ3) is 3.72. The van der Waals surface area contributed by atoms with Gasteiger partial charge in [0.15, 0.2) is 0 Å².